The average Bonchev–Trinajstić information content (AvgIpc) is 2.84. The summed E-state index contributed by atoms with van der Waals surface area (Å²) in [5.74, 6) is 2.57. The molecule has 0 spiro atoms. The number of hydrogen-bond acceptors (Lipinski definition) is 4. The van der Waals surface area contributed by atoms with E-state index in [1.54, 1.807) is 0 Å². The molecule has 0 bridgehead atoms. The molecule has 0 aromatic heterocycles. The maximum atomic E-state index is 12.1. The number of carbonyl (C=O) groups excluding carboxylic acids is 2. The second-order valence-corrected chi connectivity index (χ2v) is 7.79. The number of aliphatic hydroxyl groups excluding tert-OH is 1. The zero-order valence-corrected chi connectivity index (χ0v) is 13.3. The highest BCUT2D eigenvalue weighted by atomic mass is 32.2. The van der Waals surface area contributed by atoms with Gasteiger partial charge in [-0.2, -0.15) is 0 Å². The zero-order valence-electron chi connectivity index (χ0n) is 12.5. The van der Waals surface area contributed by atoms with Crippen molar-refractivity contribution in [3.05, 3.63) is 11.3 Å². The van der Waals surface area contributed by atoms with Crippen molar-refractivity contribution in [1.82, 2.24) is 0 Å². The first kappa shape index (κ1) is 15.1. The molecule has 4 heteroatoms. The van der Waals surface area contributed by atoms with Gasteiger partial charge in [0.15, 0.2) is 5.78 Å². The number of hydrogen-bond donors (Lipinski definition) is 1. The number of rotatable bonds is 4. The van der Waals surface area contributed by atoms with E-state index < -0.39 is 0 Å². The van der Waals surface area contributed by atoms with Crippen LogP contribution < -0.4 is 0 Å². The first-order chi connectivity index (χ1) is 10.1. The minimum atomic E-state index is -0.242. The molecule has 0 unspecified atom stereocenters. The van der Waals surface area contributed by atoms with Crippen molar-refractivity contribution in [1.29, 1.82) is 0 Å². The van der Waals surface area contributed by atoms with Gasteiger partial charge in [-0.05, 0) is 37.0 Å². The van der Waals surface area contributed by atoms with Crippen LogP contribution >= 0.6 is 11.8 Å². The number of fused-ring (bicyclic) bond motifs is 1. The minimum Gasteiger partial charge on any atom is -0.510 e. The van der Waals surface area contributed by atoms with Crippen molar-refractivity contribution < 1.29 is 14.7 Å². The Labute approximate surface area is 130 Å². The van der Waals surface area contributed by atoms with Gasteiger partial charge in [0, 0.05) is 6.42 Å². The summed E-state index contributed by atoms with van der Waals surface area (Å²) < 4.78 is 0. The Bertz CT molecular complexity index is 469. The normalized spacial score (nSPS) is 33.1. The minimum absolute atomic E-state index is 0.00834. The number of aliphatic hydroxyl groups is 1. The molecular weight excluding hydrogens is 284 g/mol. The van der Waals surface area contributed by atoms with Gasteiger partial charge in [-0.1, -0.05) is 43.9 Å². The lowest BCUT2D eigenvalue weighted by atomic mass is 9.67. The monoisotopic (exact) mass is 308 g/mol. The second kappa shape index (κ2) is 6.55. The average molecular weight is 308 g/mol. The third-order valence-electron chi connectivity index (χ3n) is 5.54. The molecule has 3 rings (SSSR count). The highest BCUT2D eigenvalue weighted by Gasteiger charge is 2.33. The topological polar surface area (TPSA) is 54.4 Å². The molecule has 2 fully saturated rings. The van der Waals surface area contributed by atoms with E-state index >= 15 is 0 Å². The Morgan fingerprint density at radius 2 is 1.90 bits per heavy atom. The lowest BCUT2D eigenvalue weighted by Crippen LogP contribution is -2.28. The smallest absolute Gasteiger partial charge is 0.226 e. The van der Waals surface area contributed by atoms with Crippen molar-refractivity contribution in [3.8, 4) is 0 Å². The molecule has 0 aromatic rings. The van der Waals surface area contributed by atoms with Crippen LogP contribution in [0.1, 0.15) is 57.8 Å². The third-order valence-corrected chi connectivity index (χ3v) is 6.42. The molecule has 116 valence electrons. The Morgan fingerprint density at radius 1 is 1.14 bits per heavy atom. The Morgan fingerprint density at radius 3 is 2.62 bits per heavy atom. The van der Waals surface area contributed by atoms with E-state index in [1.807, 2.05) is 0 Å². The van der Waals surface area contributed by atoms with Crippen molar-refractivity contribution in [2.24, 2.45) is 17.8 Å². The predicted molar refractivity (Wildman–Crippen MR) is 84.1 cm³/mol. The summed E-state index contributed by atoms with van der Waals surface area (Å²) in [5.41, 5.74) is 0.0753. The lowest BCUT2D eigenvalue weighted by molar-refractivity contribution is -0.118. The van der Waals surface area contributed by atoms with Crippen LogP contribution in [0.2, 0.25) is 0 Å². The van der Waals surface area contributed by atoms with Crippen LogP contribution in [-0.2, 0) is 9.59 Å². The molecule has 0 amide bonds. The molecule has 0 saturated heterocycles. The maximum Gasteiger partial charge on any atom is 0.226 e. The van der Waals surface area contributed by atoms with E-state index in [-0.39, 0.29) is 28.0 Å². The largest absolute Gasteiger partial charge is 0.510 e. The molecule has 3 aliphatic rings. The fourth-order valence-electron chi connectivity index (χ4n) is 4.36. The molecular formula is C17H24O3S. The second-order valence-electron chi connectivity index (χ2n) is 6.84. The van der Waals surface area contributed by atoms with Crippen LogP contribution in [0.3, 0.4) is 0 Å². The molecule has 21 heavy (non-hydrogen) atoms. The van der Waals surface area contributed by atoms with E-state index in [2.05, 4.69) is 0 Å². The highest BCUT2D eigenvalue weighted by Crippen LogP contribution is 2.44. The van der Waals surface area contributed by atoms with E-state index in [9.17, 15) is 14.7 Å². The van der Waals surface area contributed by atoms with Gasteiger partial charge in [0.2, 0.25) is 5.12 Å². The molecule has 3 atom stereocenters. The molecule has 1 heterocycles. The molecule has 0 radical (unpaired) electrons. The van der Waals surface area contributed by atoms with Crippen molar-refractivity contribution in [3.63, 3.8) is 0 Å². The van der Waals surface area contributed by atoms with E-state index in [1.165, 1.54) is 44.9 Å². The molecule has 2 aliphatic carbocycles. The Kier molecular flexibility index (Phi) is 4.72. The van der Waals surface area contributed by atoms with Gasteiger partial charge in [0.05, 0.1) is 5.75 Å². The first-order valence-electron chi connectivity index (χ1n) is 8.27. The van der Waals surface area contributed by atoms with E-state index in [0.717, 1.165) is 30.0 Å². The highest BCUT2D eigenvalue weighted by molar-refractivity contribution is 8.14. The van der Waals surface area contributed by atoms with Crippen molar-refractivity contribution in [2.75, 3.05) is 5.75 Å². The standard InChI is InChI=1S/C17H24O3S/c18-14(16-15(19)10-21-17(16)20)8-6-11-5-7-12-3-1-2-4-13(12)9-11/h11-13,19H,1-10H2/t11-,12+,13+/m0/s1. The quantitative estimate of drug-likeness (QED) is 0.797. The van der Waals surface area contributed by atoms with Crippen LogP contribution in [0.4, 0.5) is 0 Å². The number of carbonyl (C=O) groups is 2. The van der Waals surface area contributed by atoms with Crippen LogP contribution in [0.15, 0.2) is 11.3 Å². The van der Waals surface area contributed by atoms with Crippen molar-refractivity contribution in [2.45, 2.75) is 57.8 Å². The van der Waals surface area contributed by atoms with E-state index in [4.69, 9.17) is 0 Å². The number of thioether (sulfide) groups is 1. The van der Waals surface area contributed by atoms with Gasteiger partial charge in [-0.15, -0.1) is 0 Å². The maximum absolute atomic E-state index is 12.1. The lowest BCUT2D eigenvalue weighted by Gasteiger charge is -2.39. The Balaban J connectivity index is 1.50. The molecule has 2 saturated carbocycles. The van der Waals surface area contributed by atoms with E-state index in [0.29, 0.717) is 12.3 Å². The summed E-state index contributed by atoms with van der Waals surface area (Å²) in [5, 5.41) is 9.40. The van der Waals surface area contributed by atoms with Gasteiger partial charge in [-0.3, -0.25) is 9.59 Å². The van der Waals surface area contributed by atoms with Crippen LogP contribution in [0.5, 0.6) is 0 Å². The molecule has 0 aromatic carbocycles. The van der Waals surface area contributed by atoms with Crippen LogP contribution in [0.25, 0.3) is 0 Å². The number of ketones is 1. The van der Waals surface area contributed by atoms with Gasteiger partial charge < -0.3 is 5.11 Å². The summed E-state index contributed by atoms with van der Waals surface area (Å²) in [6.07, 6.45) is 10.7. The van der Waals surface area contributed by atoms with Crippen molar-refractivity contribution >= 4 is 22.7 Å². The fraction of sp³-hybridized carbons (Fsp3) is 0.765. The van der Waals surface area contributed by atoms with Gasteiger partial charge in [-0.25, -0.2) is 0 Å². The summed E-state index contributed by atoms with van der Waals surface area (Å²) in [6, 6.07) is 0. The van der Waals surface area contributed by atoms with Gasteiger partial charge in [0.1, 0.15) is 11.3 Å². The summed E-state index contributed by atoms with van der Waals surface area (Å²) in [4.78, 5) is 23.7. The van der Waals surface area contributed by atoms with Crippen LogP contribution in [0, 0.1) is 17.8 Å². The Hall–Kier alpha value is -0.770. The van der Waals surface area contributed by atoms with Gasteiger partial charge in [0.25, 0.3) is 0 Å². The molecule has 1 aliphatic heterocycles. The zero-order chi connectivity index (χ0) is 14.8. The SMILES string of the molecule is O=C(CC[C@@H]1CC[C@H]2CCCC[C@@H]2C1)C1=C(O)CSC1=O. The predicted octanol–water partition coefficient (Wildman–Crippen LogP) is 4.03. The first-order valence-corrected chi connectivity index (χ1v) is 9.26. The molecule has 3 nitrogen and oxygen atoms in total. The summed E-state index contributed by atoms with van der Waals surface area (Å²) >= 11 is 1.03. The summed E-state index contributed by atoms with van der Waals surface area (Å²) in [7, 11) is 0. The summed E-state index contributed by atoms with van der Waals surface area (Å²) in [6.45, 7) is 0. The number of Topliss-reactive ketones (excluding diaryl/α,β-unsaturated/α-hetero) is 1. The van der Waals surface area contributed by atoms with Gasteiger partial charge >= 0.3 is 0 Å². The molecule has 1 N–H and O–H groups in total. The fourth-order valence-corrected chi connectivity index (χ4v) is 5.15. The van der Waals surface area contributed by atoms with Crippen LogP contribution in [-0.4, -0.2) is 21.8 Å². The third kappa shape index (κ3) is 3.36.